The van der Waals surface area contributed by atoms with Crippen LogP contribution in [0.4, 0.5) is 17.2 Å². The molecule has 2 amide bonds. The van der Waals surface area contributed by atoms with Crippen molar-refractivity contribution in [1.82, 2.24) is 4.98 Å². The van der Waals surface area contributed by atoms with Crippen LogP contribution in [0.5, 0.6) is 5.75 Å². The second kappa shape index (κ2) is 6.56. The molecule has 1 aliphatic heterocycles. The zero-order chi connectivity index (χ0) is 18.0. The molecule has 1 unspecified atom stereocenters. The van der Waals surface area contributed by atoms with Crippen LogP contribution >= 0.6 is 0 Å². The summed E-state index contributed by atoms with van der Waals surface area (Å²) in [5.41, 5.74) is 1.06. The summed E-state index contributed by atoms with van der Waals surface area (Å²) in [6, 6.07) is 9.71. The molecule has 0 aliphatic carbocycles. The van der Waals surface area contributed by atoms with Crippen molar-refractivity contribution in [2.24, 2.45) is 0 Å². The molecule has 3 rings (SSSR count). The van der Waals surface area contributed by atoms with Crippen LogP contribution in [-0.4, -0.2) is 34.4 Å². The van der Waals surface area contributed by atoms with Gasteiger partial charge < -0.3 is 20.2 Å². The predicted octanol–water partition coefficient (Wildman–Crippen LogP) is 1.74. The quantitative estimate of drug-likeness (QED) is 0.668. The molecule has 9 heteroatoms. The Bertz CT molecular complexity index is 854. The Morgan fingerprint density at radius 3 is 2.88 bits per heavy atom. The normalized spacial score (nSPS) is 14.3. The van der Waals surface area contributed by atoms with Crippen LogP contribution in [0, 0.1) is 10.1 Å². The average molecular weight is 342 g/mol. The van der Waals surface area contributed by atoms with Gasteiger partial charge in [-0.25, -0.2) is 0 Å². The molecule has 0 radical (unpaired) electrons. The van der Waals surface area contributed by atoms with Gasteiger partial charge in [-0.05, 0) is 41.1 Å². The Morgan fingerprint density at radius 2 is 2.12 bits per heavy atom. The Kier molecular flexibility index (Phi) is 4.29. The Morgan fingerprint density at radius 1 is 1.36 bits per heavy atom. The number of hydrogen-bond donors (Lipinski definition) is 1. The van der Waals surface area contributed by atoms with Gasteiger partial charge in [-0.1, -0.05) is 12.1 Å². The number of carbonyl (C=O) groups excluding carboxylic acids is 2. The van der Waals surface area contributed by atoms with Crippen molar-refractivity contribution in [3.8, 4) is 5.75 Å². The molecule has 2 aromatic rings. The molecular formula is C16H14N4O5. The first-order chi connectivity index (χ1) is 12.0. The van der Waals surface area contributed by atoms with Crippen LogP contribution in [0.1, 0.15) is 6.92 Å². The molecule has 25 heavy (non-hydrogen) atoms. The van der Waals surface area contributed by atoms with Gasteiger partial charge >= 0.3 is 5.82 Å². The highest BCUT2D eigenvalue weighted by Gasteiger charge is 2.31. The number of para-hydroxylation sites is 2. The Hall–Kier alpha value is -3.49. The molecule has 1 atom stereocenters. The fourth-order valence-corrected chi connectivity index (χ4v) is 2.50. The summed E-state index contributed by atoms with van der Waals surface area (Å²) >= 11 is 0. The number of anilines is 2. The maximum Gasteiger partial charge on any atom is 0.406 e. The fraction of sp³-hybridized carbons (Fsp3) is 0.188. The lowest BCUT2D eigenvalue weighted by Crippen LogP contribution is -2.47. The van der Waals surface area contributed by atoms with E-state index in [1.165, 1.54) is 30.2 Å². The molecule has 0 fully saturated rings. The van der Waals surface area contributed by atoms with E-state index in [0.29, 0.717) is 11.4 Å². The number of nitro groups is 1. The molecule has 0 saturated heterocycles. The zero-order valence-electron chi connectivity index (χ0n) is 13.2. The van der Waals surface area contributed by atoms with Crippen molar-refractivity contribution in [3.63, 3.8) is 0 Å². The van der Waals surface area contributed by atoms with Gasteiger partial charge in [-0.3, -0.25) is 14.5 Å². The zero-order valence-corrected chi connectivity index (χ0v) is 13.2. The van der Waals surface area contributed by atoms with Crippen molar-refractivity contribution in [2.75, 3.05) is 16.8 Å². The number of rotatable bonds is 4. The molecule has 2 heterocycles. The van der Waals surface area contributed by atoms with Crippen LogP contribution in [-0.2, 0) is 9.59 Å². The predicted molar refractivity (Wildman–Crippen MR) is 88.4 cm³/mol. The topological polar surface area (TPSA) is 115 Å². The minimum absolute atomic E-state index is 0.108. The lowest BCUT2D eigenvalue weighted by Gasteiger charge is -2.30. The third kappa shape index (κ3) is 3.25. The van der Waals surface area contributed by atoms with Crippen molar-refractivity contribution >= 4 is 29.0 Å². The minimum Gasteiger partial charge on any atom is -0.473 e. The monoisotopic (exact) mass is 342 g/mol. The number of ether oxygens (including phenoxy) is 1. The molecule has 1 aromatic heterocycles. The van der Waals surface area contributed by atoms with Gasteiger partial charge in [0.2, 0.25) is 11.7 Å². The largest absolute Gasteiger partial charge is 0.473 e. The van der Waals surface area contributed by atoms with Gasteiger partial charge in [0.25, 0.3) is 5.91 Å². The highest BCUT2D eigenvalue weighted by atomic mass is 16.6. The van der Waals surface area contributed by atoms with E-state index >= 15 is 0 Å². The molecule has 1 N–H and O–H groups in total. The number of nitrogens with zero attached hydrogens (tertiary/aromatic N) is 3. The van der Waals surface area contributed by atoms with Crippen molar-refractivity contribution < 1.29 is 19.2 Å². The highest BCUT2D eigenvalue weighted by Crippen LogP contribution is 2.30. The van der Waals surface area contributed by atoms with E-state index < -0.39 is 22.8 Å². The van der Waals surface area contributed by atoms with Crippen molar-refractivity contribution in [2.45, 2.75) is 13.0 Å². The number of benzene rings is 1. The Balaban J connectivity index is 1.84. The standard InChI is InChI=1S/C16H14N4O5/c1-10(25-13-7-4-8-17-15(13)20(23)24)16(22)19-9-14(21)18-11-5-2-3-6-12(11)19/h2-8,10H,9H2,1H3,(H,18,21). The summed E-state index contributed by atoms with van der Waals surface area (Å²) in [5, 5.41) is 13.7. The lowest BCUT2D eigenvalue weighted by molar-refractivity contribution is -0.390. The summed E-state index contributed by atoms with van der Waals surface area (Å²) in [5.74, 6) is -1.39. The molecule has 128 valence electrons. The van der Waals surface area contributed by atoms with Crippen LogP contribution in [0.25, 0.3) is 0 Å². The number of amides is 2. The summed E-state index contributed by atoms with van der Waals surface area (Å²) in [6.07, 6.45) is 0.227. The van der Waals surface area contributed by atoms with Crippen LogP contribution in [0.15, 0.2) is 42.6 Å². The number of pyridine rings is 1. The maximum absolute atomic E-state index is 12.7. The first kappa shape index (κ1) is 16.4. The number of nitrogens with one attached hydrogen (secondary N) is 1. The van der Waals surface area contributed by atoms with Gasteiger partial charge in [0.15, 0.2) is 6.10 Å². The third-order valence-corrected chi connectivity index (χ3v) is 3.61. The van der Waals surface area contributed by atoms with E-state index in [4.69, 9.17) is 4.74 Å². The van der Waals surface area contributed by atoms with E-state index in [0.717, 1.165) is 0 Å². The summed E-state index contributed by atoms with van der Waals surface area (Å²) in [4.78, 5) is 39.8. The fourth-order valence-electron chi connectivity index (χ4n) is 2.50. The number of hydrogen-bond acceptors (Lipinski definition) is 6. The maximum atomic E-state index is 12.7. The number of fused-ring (bicyclic) bond motifs is 1. The third-order valence-electron chi connectivity index (χ3n) is 3.61. The smallest absolute Gasteiger partial charge is 0.406 e. The van der Waals surface area contributed by atoms with Crippen molar-refractivity contribution in [1.29, 1.82) is 0 Å². The van der Waals surface area contributed by atoms with Gasteiger partial charge in [0.1, 0.15) is 12.7 Å². The molecule has 9 nitrogen and oxygen atoms in total. The van der Waals surface area contributed by atoms with E-state index in [9.17, 15) is 19.7 Å². The molecule has 1 aliphatic rings. The second-order valence-corrected chi connectivity index (χ2v) is 5.33. The Labute approximate surface area is 142 Å². The minimum atomic E-state index is -1.04. The average Bonchev–Trinajstić information content (AvgIpc) is 2.60. The van der Waals surface area contributed by atoms with Crippen LogP contribution in [0.3, 0.4) is 0 Å². The molecular weight excluding hydrogens is 328 g/mol. The summed E-state index contributed by atoms with van der Waals surface area (Å²) < 4.78 is 5.44. The molecule has 0 bridgehead atoms. The van der Waals surface area contributed by atoms with E-state index in [2.05, 4.69) is 10.3 Å². The first-order valence-electron chi connectivity index (χ1n) is 7.43. The van der Waals surface area contributed by atoms with Crippen LogP contribution < -0.4 is 15.0 Å². The second-order valence-electron chi connectivity index (χ2n) is 5.33. The lowest BCUT2D eigenvalue weighted by atomic mass is 10.1. The first-order valence-corrected chi connectivity index (χ1v) is 7.43. The van der Waals surface area contributed by atoms with Gasteiger partial charge in [-0.15, -0.1) is 0 Å². The number of aromatic nitrogens is 1. The van der Waals surface area contributed by atoms with E-state index in [-0.39, 0.29) is 18.2 Å². The molecule has 1 aromatic carbocycles. The van der Waals surface area contributed by atoms with E-state index in [1.807, 2.05) is 0 Å². The molecule has 0 saturated carbocycles. The molecule has 0 spiro atoms. The van der Waals surface area contributed by atoms with Gasteiger partial charge in [-0.2, -0.15) is 0 Å². The number of carbonyl (C=O) groups is 2. The highest BCUT2D eigenvalue weighted by molar-refractivity contribution is 6.10. The summed E-state index contributed by atoms with van der Waals surface area (Å²) in [6.45, 7) is 1.31. The van der Waals surface area contributed by atoms with Crippen molar-refractivity contribution in [3.05, 3.63) is 52.7 Å². The van der Waals surface area contributed by atoms with E-state index in [1.54, 1.807) is 24.3 Å². The summed E-state index contributed by atoms with van der Waals surface area (Å²) in [7, 11) is 0. The van der Waals surface area contributed by atoms with Gasteiger partial charge in [0, 0.05) is 0 Å². The SMILES string of the molecule is CC(Oc1cccnc1[N+](=O)[O-])C(=O)N1CC(=O)Nc2ccccc21. The van der Waals surface area contributed by atoms with Crippen LogP contribution in [0.2, 0.25) is 0 Å². The van der Waals surface area contributed by atoms with Gasteiger partial charge in [0.05, 0.1) is 11.4 Å².